The molecular formula is C19H23NO4S. The van der Waals surface area contributed by atoms with E-state index in [0.29, 0.717) is 11.7 Å². The fourth-order valence-corrected chi connectivity index (χ4v) is 3.49. The number of hydrogen-bond acceptors (Lipinski definition) is 4. The highest BCUT2D eigenvalue weighted by Crippen LogP contribution is 2.20. The van der Waals surface area contributed by atoms with Gasteiger partial charge in [-0.15, -0.1) is 0 Å². The molecule has 0 bridgehead atoms. The summed E-state index contributed by atoms with van der Waals surface area (Å²) in [6.45, 7) is 7.66. The Hall–Kier alpha value is -2.18. The van der Waals surface area contributed by atoms with Gasteiger partial charge in [0.1, 0.15) is 5.75 Å². The molecule has 0 atom stereocenters. The first kappa shape index (κ1) is 19.1. The van der Waals surface area contributed by atoms with E-state index in [4.69, 9.17) is 4.74 Å². The molecule has 0 fully saturated rings. The summed E-state index contributed by atoms with van der Waals surface area (Å²) >= 11 is 0. The predicted octanol–water partition coefficient (Wildman–Crippen LogP) is 3.72. The van der Waals surface area contributed by atoms with Crippen molar-refractivity contribution in [3.63, 3.8) is 0 Å². The Morgan fingerprint density at radius 2 is 1.48 bits per heavy atom. The lowest BCUT2D eigenvalue weighted by Crippen LogP contribution is -2.30. The quantitative estimate of drug-likeness (QED) is 0.629. The minimum absolute atomic E-state index is 0.110. The summed E-state index contributed by atoms with van der Waals surface area (Å²) in [7, 11) is -3.58. The van der Waals surface area contributed by atoms with Gasteiger partial charge in [0.2, 0.25) is 10.0 Å². The molecule has 2 aromatic carbocycles. The average molecular weight is 361 g/mol. The second-order valence-corrected chi connectivity index (χ2v) is 8.13. The maximum atomic E-state index is 12.2. The third-order valence-electron chi connectivity index (χ3n) is 3.55. The molecule has 6 heteroatoms. The molecule has 0 amide bonds. The van der Waals surface area contributed by atoms with Gasteiger partial charge in [0, 0.05) is 6.04 Å². The van der Waals surface area contributed by atoms with E-state index in [1.807, 2.05) is 12.1 Å². The zero-order chi connectivity index (χ0) is 18.6. The van der Waals surface area contributed by atoms with Crippen molar-refractivity contribution >= 4 is 16.0 Å². The summed E-state index contributed by atoms with van der Waals surface area (Å²) in [4.78, 5) is 12.3. The SMILES string of the molecule is CC(C)NS(=O)(=O)c1ccc(C(=O)Oc2ccc(C(C)C)cc2)cc1. The van der Waals surface area contributed by atoms with Gasteiger partial charge in [-0.25, -0.2) is 17.9 Å². The molecule has 0 unspecified atom stereocenters. The maximum Gasteiger partial charge on any atom is 0.343 e. The zero-order valence-corrected chi connectivity index (χ0v) is 15.6. The molecule has 2 aromatic rings. The van der Waals surface area contributed by atoms with Gasteiger partial charge in [0.15, 0.2) is 0 Å². The van der Waals surface area contributed by atoms with Crippen molar-refractivity contribution in [2.45, 2.75) is 44.6 Å². The molecule has 0 aliphatic rings. The number of hydrogen-bond donors (Lipinski definition) is 1. The first-order chi connectivity index (χ1) is 11.7. The van der Waals surface area contributed by atoms with Gasteiger partial charge < -0.3 is 4.74 Å². The first-order valence-corrected chi connectivity index (χ1v) is 9.62. The van der Waals surface area contributed by atoms with Crippen molar-refractivity contribution in [2.75, 3.05) is 0 Å². The first-order valence-electron chi connectivity index (χ1n) is 8.13. The normalized spacial score (nSPS) is 11.8. The number of benzene rings is 2. The molecule has 0 heterocycles. The molecule has 0 saturated carbocycles. The van der Waals surface area contributed by atoms with Crippen LogP contribution in [0.4, 0.5) is 0 Å². The van der Waals surface area contributed by atoms with Gasteiger partial charge in [0.05, 0.1) is 10.5 Å². The molecule has 0 aliphatic heterocycles. The highest BCUT2D eigenvalue weighted by atomic mass is 32.2. The summed E-state index contributed by atoms with van der Waals surface area (Å²) < 4.78 is 32.0. The topological polar surface area (TPSA) is 72.5 Å². The van der Waals surface area contributed by atoms with Crippen LogP contribution in [0.25, 0.3) is 0 Å². The van der Waals surface area contributed by atoms with Crippen LogP contribution >= 0.6 is 0 Å². The average Bonchev–Trinajstić information content (AvgIpc) is 2.54. The smallest absolute Gasteiger partial charge is 0.343 e. The lowest BCUT2D eigenvalue weighted by atomic mass is 10.0. The van der Waals surface area contributed by atoms with E-state index in [1.54, 1.807) is 26.0 Å². The number of sulfonamides is 1. The summed E-state index contributed by atoms with van der Waals surface area (Å²) in [5, 5.41) is 0. The molecule has 0 aromatic heterocycles. The van der Waals surface area contributed by atoms with Gasteiger partial charge in [0.25, 0.3) is 0 Å². The summed E-state index contributed by atoms with van der Waals surface area (Å²) in [5.74, 6) is 0.323. The van der Waals surface area contributed by atoms with Gasteiger partial charge in [-0.2, -0.15) is 0 Å². The van der Waals surface area contributed by atoms with Crippen LogP contribution in [0.5, 0.6) is 5.75 Å². The lowest BCUT2D eigenvalue weighted by molar-refractivity contribution is 0.0734. The van der Waals surface area contributed by atoms with Gasteiger partial charge in [-0.1, -0.05) is 26.0 Å². The molecule has 25 heavy (non-hydrogen) atoms. The van der Waals surface area contributed by atoms with Crippen LogP contribution in [-0.2, 0) is 10.0 Å². The van der Waals surface area contributed by atoms with Crippen molar-refractivity contribution in [2.24, 2.45) is 0 Å². The summed E-state index contributed by atoms with van der Waals surface area (Å²) in [5.41, 5.74) is 1.45. The Bertz CT molecular complexity index is 823. The van der Waals surface area contributed by atoms with Crippen LogP contribution in [0.2, 0.25) is 0 Å². The second kappa shape index (κ2) is 7.80. The van der Waals surface area contributed by atoms with Gasteiger partial charge in [-0.05, 0) is 61.7 Å². The number of esters is 1. The van der Waals surface area contributed by atoms with Crippen LogP contribution in [0.15, 0.2) is 53.4 Å². The molecular weight excluding hydrogens is 338 g/mol. The predicted molar refractivity (Wildman–Crippen MR) is 97.4 cm³/mol. The molecule has 0 spiro atoms. The largest absolute Gasteiger partial charge is 0.423 e. The maximum absolute atomic E-state index is 12.2. The zero-order valence-electron chi connectivity index (χ0n) is 14.8. The van der Waals surface area contributed by atoms with E-state index < -0.39 is 16.0 Å². The number of carbonyl (C=O) groups is 1. The van der Waals surface area contributed by atoms with E-state index in [-0.39, 0.29) is 16.5 Å². The third-order valence-corrected chi connectivity index (χ3v) is 5.22. The number of nitrogens with one attached hydrogen (secondary N) is 1. The molecule has 1 N–H and O–H groups in total. The molecule has 134 valence electrons. The molecule has 0 aliphatic carbocycles. The minimum atomic E-state index is -3.58. The van der Waals surface area contributed by atoms with Crippen LogP contribution in [-0.4, -0.2) is 20.4 Å². The van der Waals surface area contributed by atoms with E-state index in [0.717, 1.165) is 5.56 Å². The van der Waals surface area contributed by atoms with Crippen molar-refractivity contribution in [1.29, 1.82) is 0 Å². The molecule has 0 radical (unpaired) electrons. The van der Waals surface area contributed by atoms with Crippen molar-refractivity contribution < 1.29 is 17.9 Å². The molecule has 2 rings (SSSR count). The third kappa shape index (κ3) is 5.14. The lowest BCUT2D eigenvalue weighted by Gasteiger charge is -2.10. The fourth-order valence-electron chi connectivity index (χ4n) is 2.24. The Morgan fingerprint density at radius 3 is 1.96 bits per heavy atom. The van der Waals surface area contributed by atoms with E-state index in [9.17, 15) is 13.2 Å². The second-order valence-electron chi connectivity index (χ2n) is 6.41. The van der Waals surface area contributed by atoms with Crippen molar-refractivity contribution in [3.8, 4) is 5.75 Å². The van der Waals surface area contributed by atoms with Crippen LogP contribution in [0.1, 0.15) is 49.5 Å². The van der Waals surface area contributed by atoms with Crippen LogP contribution in [0.3, 0.4) is 0 Å². The molecule has 5 nitrogen and oxygen atoms in total. The van der Waals surface area contributed by atoms with Gasteiger partial charge >= 0.3 is 5.97 Å². The molecule has 0 saturated heterocycles. The standard InChI is InChI=1S/C19H23NO4S/c1-13(2)15-5-9-17(10-6-15)24-19(21)16-7-11-18(12-8-16)25(22,23)20-14(3)4/h5-14,20H,1-4H3. The van der Waals surface area contributed by atoms with E-state index >= 15 is 0 Å². The highest BCUT2D eigenvalue weighted by Gasteiger charge is 2.16. The number of rotatable bonds is 6. The van der Waals surface area contributed by atoms with Crippen molar-refractivity contribution in [1.82, 2.24) is 4.72 Å². The fraction of sp³-hybridized carbons (Fsp3) is 0.316. The summed E-state index contributed by atoms with van der Waals surface area (Å²) in [6, 6.07) is 12.8. The Balaban J connectivity index is 2.10. The minimum Gasteiger partial charge on any atom is -0.423 e. The number of carbonyl (C=O) groups excluding carboxylic acids is 1. The van der Waals surface area contributed by atoms with E-state index in [1.165, 1.54) is 24.3 Å². The Kier molecular flexibility index (Phi) is 5.98. The van der Waals surface area contributed by atoms with Gasteiger partial charge in [-0.3, -0.25) is 0 Å². The van der Waals surface area contributed by atoms with Crippen LogP contribution < -0.4 is 9.46 Å². The number of ether oxygens (including phenoxy) is 1. The summed E-state index contributed by atoms with van der Waals surface area (Å²) in [6.07, 6.45) is 0. The monoisotopic (exact) mass is 361 g/mol. The van der Waals surface area contributed by atoms with Crippen molar-refractivity contribution in [3.05, 3.63) is 59.7 Å². The Labute approximate surface area is 149 Å². The Morgan fingerprint density at radius 1 is 0.920 bits per heavy atom. The van der Waals surface area contributed by atoms with E-state index in [2.05, 4.69) is 18.6 Å². The highest BCUT2D eigenvalue weighted by molar-refractivity contribution is 7.89. The van der Waals surface area contributed by atoms with Crippen LogP contribution in [0, 0.1) is 0 Å².